The summed E-state index contributed by atoms with van der Waals surface area (Å²) in [5.41, 5.74) is 6.57. The molecule has 0 aliphatic carbocycles. The molecule has 82 valence electrons. The number of fused-ring (bicyclic) bond motifs is 1. The number of aliphatic hydroxyl groups excluding tert-OH is 1. The van der Waals surface area contributed by atoms with E-state index in [1.165, 1.54) is 0 Å². The van der Waals surface area contributed by atoms with E-state index < -0.39 is 0 Å². The third-order valence-corrected chi connectivity index (χ3v) is 2.50. The van der Waals surface area contributed by atoms with Crippen molar-refractivity contribution in [3.8, 4) is 11.5 Å². The van der Waals surface area contributed by atoms with Crippen LogP contribution >= 0.6 is 11.6 Å². The zero-order valence-electron chi connectivity index (χ0n) is 8.07. The molecule has 1 aromatic rings. The lowest BCUT2D eigenvalue weighted by Gasteiger charge is -2.09. The van der Waals surface area contributed by atoms with E-state index in [9.17, 15) is 0 Å². The number of halogens is 1. The van der Waals surface area contributed by atoms with Gasteiger partial charge < -0.3 is 20.3 Å². The number of aliphatic hydroxyl groups is 1. The van der Waals surface area contributed by atoms with Gasteiger partial charge in [0.15, 0.2) is 11.5 Å². The highest BCUT2D eigenvalue weighted by atomic mass is 35.5. The summed E-state index contributed by atoms with van der Waals surface area (Å²) >= 11 is 5.99. The highest BCUT2D eigenvalue weighted by molar-refractivity contribution is 6.32. The summed E-state index contributed by atoms with van der Waals surface area (Å²) in [5.74, 6) is 1.22. The summed E-state index contributed by atoms with van der Waals surface area (Å²) in [6.07, 6.45) is 0.562. The molecule has 2 rings (SSSR count). The van der Waals surface area contributed by atoms with Crippen LogP contribution in [0.25, 0.3) is 0 Å². The molecule has 0 fully saturated rings. The van der Waals surface area contributed by atoms with Crippen molar-refractivity contribution in [2.45, 2.75) is 12.5 Å². The molecule has 1 aliphatic heterocycles. The maximum atomic E-state index is 8.84. The molecule has 1 unspecified atom stereocenters. The topological polar surface area (TPSA) is 64.7 Å². The van der Waals surface area contributed by atoms with E-state index in [4.69, 9.17) is 31.9 Å². The Morgan fingerprint density at radius 1 is 1.47 bits per heavy atom. The fraction of sp³-hybridized carbons (Fsp3) is 0.400. The number of hydrogen-bond acceptors (Lipinski definition) is 4. The number of rotatable bonds is 3. The van der Waals surface area contributed by atoms with Crippen LogP contribution in [0.2, 0.25) is 5.02 Å². The predicted molar refractivity (Wildman–Crippen MR) is 56.3 cm³/mol. The molecule has 0 aromatic heterocycles. The maximum Gasteiger partial charge on any atom is 0.231 e. The summed E-state index contributed by atoms with van der Waals surface area (Å²) in [7, 11) is 0. The molecule has 0 amide bonds. The minimum absolute atomic E-state index is 0.0495. The van der Waals surface area contributed by atoms with Gasteiger partial charge in [-0.05, 0) is 24.1 Å². The Kier molecular flexibility index (Phi) is 3.00. The molecule has 1 aliphatic rings. The van der Waals surface area contributed by atoms with Crippen molar-refractivity contribution in [1.29, 1.82) is 0 Å². The molecule has 0 saturated carbocycles. The Labute approximate surface area is 92.5 Å². The van der Waals surface area contributed by atoms with Crippen molar-refractivity contribution >= 4 is 11.6 Å². The second-order valence-corrected chi connectivity index (χ2v) is 3.87. The van der Waals surface area contributed by atoms with Crippen molar-refractivity contribution < 1.29 is 14.6 Å². The summed E-state index contributed by atoms with van der Waals surface area (Å²) in [6, 6.07) is 3.34. The largest absolute Gasteiger partial charge is 0.454 e. The molecule has 1 atom stereocenters. The molecular weight excluding hydrogens is 218 g/mol. The molecule has 15 heavy (non-hydrogen) atoms. The first kappa shape index (κ1) is 10.5. The van der Waals surface area contributed by atoms with Crippen LogP contribution < -0.4 is 15.2 Å². The lowest BCUT2D eigenvalue weighted by molar-refractivity contribution is 0.174. The predicted octanol–water partition coefficient (Wildman–Crippen LogP) is 0.931. The first-order chi connectivity index (χ1) is 7.20. The fourth-order valence-electron chi connectivity index (χ4n) is 1.51. The summed E-state index contributed by atoms with van der Waals surface area (Å²) < 4.78 is 10.4. The second-order valence-electron chi connectivity index (χ2n) is 3.46. The van der Waals surface area contributed by atoms with Crippen molar-refractivity contribution in [3.05, 3.63) is 22.7 Å². The van der Waals surface area contributed by atoms with Gasteiger partial charge in [0, 0.05) is 6.04 Å². The van der Waals surface area contributed by atoms with Gasteiger partial charge in [-0.1, -0.05) is 11.6 Å². The van der Waals surface area contributed by atoms with Gasteiger partial charge in [0.25, 0.3) is 0 Å². The molecule has 0 bridgehead atoms. The van der Waals surface area contributed by atoms with Gasteiger partial charge in [-0.3, -0.25) is 0 Å². The van der Waals surface area contributed by atoms with Gasteiger partial charge in [0.1, 0.15) is 0 Å². The van der Waals surface area contributed by atoms with Gasteiger partial charge in [-0.2, -0.15) is 0 Å². The second kappa shape index (κ2) is 4.26. The van der Waals surface area contributed by atoms with Gasteiger partial charge in [-0.15, -0.1) is 0 Å². The third kappa shape index (κ3) is 2.17. The molecule has 0 spiro atoms. The Morgan fingerprint density at radius 3 is 3.00 bits per heavy atom. The number of hydrogen-bond donors (Lipinski definition) is 2. The van der Waals surface area contributed by atoms with Crippen LogP contribution in [-0.4, -0.2) is 24.5 Å². The molecule has 3 N–H and O–H groups in total. The molecule has 4 nitrogen and oxygen atoms in total. The van der Waals surface area contributed by atoms with Crippen molar-refractivity contribution in [1.82, 2.24) is 0 Å². The van der Waals surface area contributed by atoms with E-state index in [-0.39, 0.29) is 19.4 Å². The highest BCUT2D eigenvalue weighted by Crippen LogP contribution is 2.39. The Morgan fingerprint density at radius 2 is 2.27 bits per heavy atom. The lowest BCUT2D eigenvalue weighted by Crippen LogP contribution is -2.26. The summed E-state index contributed by atoms with van der Waals surface area (Å²) in [6.45, 7) is 0.149. The lowest BCUT2D eigenvalue weighted by atomic mass is 10.1. The normalized spacial score (nSPS) is 15.4. The van der Waals surface area contributed by atoms with Crippen LogP contribution in [0.3, 0.4) is 0 Å². The number of nitrogens with two attached hydrogens (primary N) is 1. The minimum Gasteiger partial charge on any atom is -0.454 e. The molecule has 1 heterocycles. The van der Waals surface area contributed by atoms with Crippen LogP contribution in [0, 0.1) is 0 Å². The number of ether oxygens (including phenoxy) is 2. The van der Waals surface area contributed by atoms with E-state index in [1.54, 1.807) is 6.07 Å². The quantitative estimate of drug-likeness (QED) is 0.810. The van der Waals surface area contributed by atoms with Gasteiger partial charge >= 0.3 is 0 Å². The van der Waals surface area contributed by atoms with E-state index in [0.717, 1.165) is 5.56 Å². The highest BCUT2D eigenvalue weighted by Gasteiger charge is 2.18. The SMILES string of the molecule is NC(CO)Cc1cc(Cl)c2c(c1)OCO2. The molecular formula is C10H12ClNO3. The Balaban J connectivity index is 2.23. The molecule has 0 radical (unpaired) electrons. The van der Waals surface area contributed by atoms with Crippen LogP contribution in [0.5, 0.6) is 11.5 Å². The third-order valence-electron chi connectivity index (χ3n) is 2.22. The standard InChI is InChI=1S/C10H12ClNO3/c11-8-2-6(1-7(12)4-13)3-9-10(8)15-5-14-9/h2-3,7,13H,1,4-5,12H2. The van der Waals surface area contributed by atoms with Gasteiger partial charge in [0.05, 0.1) is 11.6 Å². The van der Waals surface area contributed by atoms with E-state index in [1.807, 2.05) is 6.07 Å². The van der Waals surface area contributed by atoms with E-state index in [2.05, 4.69) is 0 Å². The average Bonchev–Trinajstić information content (AvgIpc) is 2.66. The Hall–Kier alpha value is -0.970. The van der Waals surface area contributed by atoms with E-state index in [0.29, 0.717) is 22.9 Å². The first-order valence-electron chi connectivity index (χ1n) is 4.65. The van der Waals surface area contributed by atoms with Crippen LogP contribution in [-0.2, 0) is 6.42 Å². The van der Waals surface area contributed by atoms with Crippen molar-refractivity contribution in [2.75, 3.05) is 13.4 Å². The van der Waals surface area contributed by atoms with Crippen molar-refractivity contribution in [2.24, 2.45) is 5.73 Å². The maximum absolute atomic E-state index is 8.84. The zero-order chi connectivity index (χ0) is 10.8. The van der Waals surface area contributed by atoms with Crippen molar-refractivity contribution in [3.63, 3.8) is 0 Å². The van der Waals surface area contributed by atoms with E-state index >= 15 is 0 Å². The monoisotopic (exact) mass is 229 g/mol. The fourth-order valence-corrected chi connectivity index (χ4v) is 1.79. The molecule has 0 saturated heterocycles. The summed E-state index contributed by atoms with van der Waals surface area (Å²) in [5, 5.41) is 9.36. The number of benzene rings is 1. The van der Waals surface area contributed by atoms with Crippen LogP contribution in [0.1, 0.15) is 5.56 Å². The smallest absolute Gasteiger partial charge is 0.231 e. The minimum atomic E-state index is -0.276. The van der Waals surface area contributed by atoms with Gasteiger partial charge in [-0.25, -0.2) is 0 Å². The summed E-state index contributed by atoms with van der Waals surface area (Å²) in [4.78, 5) is 0. The van der Waals surface area contributed by atoms with Crippen LogP contribution in [0.4, 0.5) is 0 Å². The Bertz CT molecular complexity index is 370. The average molecular weight is 230 g/mol. The first-order valence-corrected chi connectivity index (χ1v) is 5.03. The van der Waals surface area contributed by atoms with Gasteiger partial charge in [0.2, 0.25) is 6.79 Å². The molecule has 1 aromatic carbocycles. The molecule has 5 heteroatoms. The van der Waals surface area contributed by atoms with Crippen LogP contribution in [0.15, 0.2) is 12.1 Å². The zero-order valence-corrected chi connectivity index (χ0v) is 8.83.